The molecule has 1 aromatic carbocycles. The number of nitrogens with zero attached hydrogens (tertiary/aromatic N) is 2. The molecule has 3 nitrogen and oxygen atoms in total. The van der Waals surface area contributed by atoms with Gasteiger partial charge in [0.05, 0.1) is 6.04 Å². The van der Waals surface area contributed by atoms with Gasteiger partial charge in [0.15, 0.2) is 5.78 Å². The molecule has 1 unspecified atom stereocenters. The van der Waals surface area contributed by atoms with Crippen LogP contribution >= 0.6 is 0 Å². The Hall–Kier alpha value is -1.26. The van der Waals surface area contributed by atoms with E-state index in [2.05, 4.69) is 9.80 Å². The zero-order valence-corrected chi connectivity index (χ0v) is 10.9. The number of rotatable bonds is 2. The van der Waals surface area contributed by atoms with Gasteiger partial charge >= 0.3 is 0 Å². The Kier molecular flexibility index (Phi) is 4.09. The van der Waals surface area contributed by atoms with Gasteiger partial charge in [0.1, 0.15) is 5.82 Å². The molecule has 0 radical (unpaired) electrons. The van der Waals surface area contributed by atoms with Gasteiger partial charge in [-0.3, -0.25) is 9.69 Å². The molecule has 0 N–H and O–H groups in total. The Morgan fingerprint density at radius 2 is 1.89 bits per heavy atom. The molecule has 0 amide bonds. The van der Waals surface area contributed by atoms with Crippen molar-refractivity contribution >= 4 is 5.78 Å². The van der Waals surface area contributed by atoms with Crippen LogP contribution in [-0.4, -0.2) is 55.4 Å². The number of hydrogen-bond acceptors (Lipinski definition) is 3. The van der Waals surface area contributed by atoms with E-state index in [0.717, 1.165) is 26.1 Å². The average molecular weight is 250 g/mol. The quantitative estimate of drug-likeness (QED) is 0.746. The maximum atomic E-state index is 12.9. The van der Waals surface area contributed by atoms with E-state index in [1.807, 2.05) is 14.1 Å². The molecule has 0 saturated carbocycles. The SMILES string of the molecule is CN1CCCN(C)C(C(=O)c2ccc(F)cc2)C1. The number of halogens is 1. The number of benzene rings is 1. The second-order valence-electron chi connectivity index (χ2n) is 4.98. The number of ketones is 1. The normalized spacial score (nSPS) is 22.7. The summed E-state index contributed by atoms with van der Waals surface area (Å²) in [5.41, 5.74) is 0.587. The monoisotopic (exact) mass is 250 g/mol. The van der Waals surface area contributed by atoms with Crippen molar-refractivity contribution in [2.24, 2.45) is 0 Å². The van der Waals surface area contributed by atoms with Gasteiger partial charge in [-0.1, -0.05) is 0 Å². The zero-order valence-electron chi connectivity index (χ0n) is 10.9. The predicted molar refractivity (Wildman–Crippen MR) is 69.3 cm³/mol. The maximum absolute atomic E-state index is 12.9. The molecular formula is C14H19FN2O. The van der Waals surface area contributed by atoms with E-state index in [1.54, 1.807) is 12.1 Å². The van der Waals surface area contributed by atoms with Crippen molar-refractivity contribution in [2.75, 3.05) is 33.7 Å². The third-order valence-electron chi connectivity index (χ3n) is 3.50. The molecule has 4 heteroatoms. The minimum absolute atomic E-state index is 0.0752. The lowest BCUT2D eigenvalue weighted by atomic mass is 10.0. The molecule has 1 fully saturated rings. The van der Waals surface area contributed by atoms with Crippen LogP contribution in [0.5, 0.6) is 0 Å². The van der Waals surface area contributed by atoms with Crippen molar-refractivity contribution in [3.05, 3.63) is 35.6 Å². The first-order valence-corrected chi connectivity index (χ1v) is 6.26. The largest absolute Gasteiger partial charge is 0.304 e. The summed E-state index contributed by atoms with van der Waals surface area (Å²) in [6, 6.07) is 5.68. The van der Waals surface area contributed by atoms with Gasteiger partial charge in [0.2, 0.25) is 0 Å². The van der Waals surface area contributed by atoms with Crippen LogP contribution in [0, 0.1) is 5.82 Å². The summed E-state index contributed by atoms with van der Waals surface area (Å²) < 4.78 is 12.9. The van der Waals surface area contributed by atoms with Crippen molar-refractivity contribution < 1.29 is 9.18 Å². The summed E-state index contributed by atoms with van der Waals surface area (Å²) in [6.07, 6.45) is 1.07. The van der Waals surface area contributed by atoms with Crippen LogP contribution in [0.2, 0.25) is 0 Å². The number of carbonyl (C=O) groups is 1. The number of carbonyl (C=O) groups excluding carboxylic acids is 1. The number of hydrogen-bond donors (Lipinski definition) is 0. The Morgan fingerprint density at radius 1 is 1.22 bits per heavy atom. The van der Waals surface area contributed by atoms with E-state index >= 15 is 0 Å². The highest BCUT2D eigenvalue weighted by atomic mass is 19.1. The van der Waals surface area contributed by atoms with Gasteiger partial charge < -0.3 is 4.90 Å². The lowest BCUT2D eigenvalue weighted by Gasteiger charge is -2.26. The van der Waals surface area contributed by atoms with Gasteiger partial charge in [-0.2, -0.15) is 0 Å². The van der Waals surface area contributed by atoms with Gasteiger partial charge in [0.25, 0.3) is 0 Å². The molecule has 18 heavy (non-hydrogen) atoms. The predicted octanol–water partition coefficient (Wildman–Crippen LogP) is 1.64. The van der Waals surface area contributed by atoms with Crippen molar-refractivity contribution in [1.29, 1.82) is 0 Å². The minimum atomic E-state index is -0.308. The van der Waals surface area contributed by atoms with Crippen molar-refractivity contribution in [3.8, 4) is 0 Å². The second kappa shape index (κ2) is 5.59. The first-order valence-electron chi connectivity index (χ1n) is 6.26. The molecule has 1 heterocycles. The highest BCUT2D eigenvalue weighted by Gasteiger charge is 2.27. The fourth-order valence-electron chi connectivity index (χ4n) is 2.36. The second-order valence-corrected chi connectivity index (χ2v) is 4.98. The molecule has 0 aromatic heterocycles. The van der Waals surface area contributed by atoms with Crippen molar-refractivity contribution in [1.82, 2.24) is 9.80 Å². The van der Waals surface area contributed by atoms with Gasteiger partial charge in [-0.15, -0.1) is 0 Å². The Bertz CT molecular complexity index is 418. The average Bonchev–Trinajstić information content (AvgIpc) is 2.51. The summed E-state index contributed by atoms with van der Waals surface area (Å²) in [7, 11) is 4.01. The zero-order chi connectivity index (χ0) is 13.1. The molecule has 0 spiro atoms. The van der Waals surface area contributed by atoms with Crippen LogP contribution in [0.25, 0.3) is 0 Å². The lowest BCUT2D eigenvalue weighted by molar-refractivity contribution is 0.0839. The van der Waals surface area contributed by atoms with E-state index in [1.165, 1.54) is 12.1 Å². The molecule has 2 rings (SSSR count). The van der Waals surface area contributed by atoms with Crippen LogP contribution < -0.4 is 0 Å². The highest BCUT2D eigenvalue weighted by Crippen LogP contribution is 2.13. The van der Waals surface area contributed by atoms with Gasteiger partial charge in [0, 0.05) is 12.1 Å². The van der Waals surface area contributed by atoms with E-state index in [4.69, 9.17) is 0 Å². The van der Waals surface area contributed by atoms with E-state index < -0.39 is 0 Å². The van der Waals surface area contributed by atoms with Crippen LogP contribution in [0.15, 0.2) is 24.3 Å². The minimum Gasteiger partial charge on any atom is -0.304 e. The van der Waals surface area contributed by atoms with Crippen LogP contribution in [-0.2, 0) is 0 Å². The molecular weight excluding hydrogens is 231 g/mol. The Labute approximate surface area is 107 Å². The maximum Gasteiger partial charge on any atom is 0.181 e. The Morgan fingerprint density at radius 3 is 2.56 bits per heavy atom. The first-order chi connectivity index (χ1) is 8.58. The molecule has 1 aliphatic heterocycles. The van der Waals surface area contributed by atoms with Crippen molar-refractivity contribution in [3.63, 3.8) is 0 Å². The van der Waals surface area contributed by atoms with Crippen LogP contribution in [0.1, 0.15) is 16.8 Å². The number of Topliss-reactive ketones (excluding diaryl/α,β-unsaturated/α-hetero) is 1. The van der Waals surface area contributed by atoms with Crippen LogP contribution in [0.3, 0.4) is 0 Å². The first kappa shape index (κ1) is 13.2. The molecule has 1 saturated heterocycles. The molecule has 0 bridgehead atoms. The summed E-state index contributed by atoms with van der Waals surface area (Å²) in [5, 5.41) is 0. The van der Waals surface area contributed by atoms with Gasteiger partial charge in [-0.05, 0) is 57.9 Å². The lowest BCUT2D eigenvalue weighted by Crippen LogP contribution is -2.43. The summed E-state index contributed by atoms with van der Waals surface area (Å²) >= 11 is 0. The standard InChI is InChI=1S/C14H19FN2O/c1-16-8-3-9-17(2)13(10-16)14(18)11-4-6-12(15)7-5-11/h4-7,13H,3,8-10H2,1-2H3. The van der Waals surface area contributed by atoms with E-state index in [9.17, 15) is 9.18 Å². The smallest absolute Gasteiger partial charge is 0.181 e. The summed E-state index contributed by atoms with van der Waals surface area (Å²) in [5.74, 6) is -0.232. The van der Waals surface area contributed by atoms with E-state index in [-0.39, 0.29) is 17.6 Å². The fraction of sp³-hybridized carbons (Fsp3) is 0.500. The third-order valence-corrected chi connectivity index (χ3v) is 3.50. The van der Waals surface area contributed by atoms with E-state index in [0.29, 0.717) is 5.56 Å². The molecule has 1 atom stereocenters. The van der Waals surface area contributed by atoms with Crippen molar-refractivity contribution in [2.45, 2.75) is 12.5 Å². The van der Waals surface area contributed by atoms with Gasteiger partial charge in [-0.25, -0.2) is 4.39 Å². The summed E-state index contributed by atoms with van der Waals surface area (Å²) in [4.78, 5) is 16.7. The highest BCUT2D eigenvalue weighted by molar-refractivity contribution is 6.00. The van der Waals surface area contributed by atoms with Crippen LogP contribution in [0.4, 0.5) is 4.39 Å². The molecule has 0 aliphatic carbocycles. The third kappa shape index (κ3) is 2.94. The number of likely N-dealkylation sites (N-methyl/N-ethyl adjacent to an activating group) is 2. The topological polar surface area (TPSA) is 23.6 Å². The summed E-state index contributed by atoms with van der Waals surface area (Å²) in [6.45, 7) is 2.66. The molecule has 1 aromatic rings. The fourth-order valence-corrected chi connectivity index (χ4v) is 2.36. The molecule has 1 aliphatic rings. The Balaban J connectivity index is 2.17. The molecule has 98 valence electrons.